The molecule has 2 amide bonds. The molecule has 1 N–H and O–H groups in total. The smallest absolute Gasteiger partial charge is 0.236 e. The summed E-state index contributed by atoms with van der Waals surface area (Å²) in [6.07, 6.45) is 2.86. The molecule has 0 aromatic rings. The van der Waals surface area contributed by atoms with Gasteiger partial charge < -0.3 is 15.1 Å². The third-order valence-corrected chi connectivity index (χ3v) is 4.71. The molecule has 2 fully saturated rings. The fourth-order valence-corrected chi connectivity index (χ4v) is 2.98. The van der Waals surface area contributed by atoms with Crippen molar-refractivity contribution in [2.45, 2.75) is 46.1 Å². The molecule has 2 aliphatic heterocycles. The Balaban J connectivity index is 2.01. The van der Waals surface area contributed by atoms with Crippen molar-refractivity contribution in [3.63, 3.8) is 0 Å². The van der Waals surface area contributed by atoms with Gasteiger partial charge in [0, 0.05) is 37.6 Å². The van der Waals surface area contributed by atoms with Gasteiger partial charge in [-0.05, 0) is 19.3 Å². The third kappa shape index (κ3) is 3.14. The van der Waals surface area contributed by atoms with Gasteiger partial charge in [0.2, 0.25) is 11.8 Å². The molecule has 114 valence electrons. The molecule has 0 bridgehead atoms. The van der Waals surface area contributed by atoms with Crippen molar-refractivity contribution >= 4 is 11.8 Å². The van der Waals surface area contributed by atoms with Gasteiger partial charge in [-0.25, -0.2) is 0 Å². The van der Waals surface area contributed by atoms with Crippen LogP contribution in [0, 0.1) is 5.41 Å². The van der Waals surface area contributed by atoms with E-state index in [2.05, 4.69) is 12.2 Å². The quantitative estimate of drug-likeness (QED) is 0.834. The number of nitrogens with one attached hydrogen (secondary N) is 1. The van der Waals surface area contributed by atoms with Crippen molar-refractivity contribution in [2.75, 3.05) is 32.7 Å². The Morgan fingerprint density at radius 2 is 2.15 bits per heavy atom. The van der Waals surface area contributed by atoms with E-state index in [1.165, 1.54) is 0 Å². The van der Waals surface area contributed by atoms with Crippen LogP contribution >= 0.6 is 0 Å². The maximum atomic E-state index is 12.6. The zero-order valence-corrected chi connectivity index (χ0v) is 12.9. The minimum Gasteiger partial charge on any atom is -0.340 e. The number of rotatable bonds is 3. The fraction of sp³-hybridized carbons (Fsp3) is 0.867. The van der Waals surface area contributed by atoms with Crippen LogP contribution in [0.4, 0.5) is 0 Å². The average Bonchev–Trinajstić information content (AvgIpc) is 2.47. The lowest BCUT2D eigenvalue weighted by Gasteiger charge is -2.43. The summed E-state index contributed by atoms with van der Waals surface area (Å²) < 4.78 is 0. The van der Waals surface area contributed by atoms with Gasteiger partial charge in [0.15, 0.2) is 0 Å². The van der Waals surface area contributed by atoms with Crippen LogP contribution in [-0.2, 0) is 9.59 Å². The summed E-state index contributed by atoms with van der Waals surface area (Å²) >= 11 is 0. The monoisotopic (exact) mass is 281 g/mol. The predicted molar refractivity (Wildman–Crippen MR) is 78.3 cm³/mol. The minimum atomic E-state index is -0.296. The van der Waals surface area contributed by atoms with Gasteiger partial charge in [0.25, 0.3) is 0 Å². The van der Waals surface area contributed by atoms with Crippen molar-refractivity contribution in [3.8, 4) is 0 Å². The molecule has 2 saturated heterocycles. The molecule has 5 nitrogen and oxygen atoms in total. The van der Waals surface area contributed by atoms with E-state index in [9.17, 15) is 9.59 Å². The Kier molecular flexibility index (Phi) is 4.68. The Labute approximate surface area is 121 Å². The van der Waals surface area contributed by atoms with Crippen molar-refractivity contribution < 1.29 is 9.59 Å². The fourth-order valence-electron chi connectivity index (χ4n) is 2.98. The molecule has 0 aliphatic carbocycles. The first-order valence-corrected chi connectivity index (χ1v) is 7.75. The summed E-state index contributed by atoms with van der Waals surface area (Å²) in [5.41, 5.74) is -0.296. The number of piperidine rings is 1. The first-order valence-electron chi connectivity index (χ1n) is 7.75. The van der Waals surface area contributed by atoms with E-state index >= 15 is 0 Å². The Morgan fingerprint density at radius 1 is 1.40 bits per heavy atom. The summed E-state index contributed by atoms with van der Waals surface area (Å²) in [5, 5.41) is 3.10. The molecular weight excluding hydrogens is 254 g/mol. The van der Waals surface area contributed by atoms with E-state index in [0.29, 0.717) is 13.1 Å². The van der Waals surface area contributed by atoms with Crippen LogP contribution < -0.4 is 5.32 Å². The lowest BCUT2D eigenvalue weighted by molar-refractivity contribution is -0.146. The van der Waals surface area contributed by atoms with E-state index in [0.717, 1.165) is 38.9 Å². The van der Waals surface area contributed by atoms with Gasteiger partial charge in [-0.15, -0.1) is 0 Å². The van der Waals surface area contributed by atoms with Gasteiger partial charge in [0.05, 0.1) is 6.54 Å². The number of amides is 2. The first-order chi connectivity index (χ1) is 9.45. The molecule has 2 rings (SSSR count). The van der Waals surface area contributed by atoms with Crippen LogP contribution in [0.15, 0.2) is 0 Å². The number of nitrogens with zero attached hydrogens (tertiary/aromatic N) is 2. The zero-order valence-electron chi connectivity index (χ0n) is 12.9. The van der Waals surface area contributed by atoms with Crippen LogP contribution in [0.25, 0.3) is 0 Å². The lowest BCUT2D eigenvalue weighted by atomic mass is 9.87. The molecule has 0 aromatic heterocycles. The molecule has 2 heterocycles. The van der Waals surface area contributed by atoms with Crippen molar-refractivity contribution in [2.24, 2.45) is 5.41 Å². The minimum absolute atomic E-state index is 0.172. The third-order valence-electron chi connectivity index (χ3n) is 4.71. The van der Waals surface area contributed by atoms with Crippen LogP contribution in [0.1, 0.15) is 40.0 Å². The topological polar surface area (TPSA) is 52.7 Å². The summed E-state index contributed by atoms with van der Waals surface area (Å²) in [5.74, 6) is 0.401. The van der Waals surface area contributed by atoms with Gasteiger partial charge in [0.1, 0.15) is 0 Å². The summed E-state index contributed by atoms with van der Waals surface area (Å²) in [6.45, 7) is 9.67. The molecule has 2 aliphatic rings. The molecule has 0 spiro atoms. The Morgan fingerprint density at radius 3 is 2.80 bits per heavy atom. The van der Waals surface area contributed by atoms with E-state index < -0.39 is 0 Å². The number of carbonyl (C=O) groups excluding carboxylic acids is 2. The van der Waals surface area contributed by atoms with E-state index in [-0.39, 0.29) is 23.3 Å². The molecule has 0 radical (unpaired) electrons. The van der Waals surface area contributed by atoms with E-state index in [1.54, 1.807) is 0 Å². The zero-order chi connectivity index (χ0) is 14.8. The van der Waals surface area contributed by atoms with E-state index in [4.69, 9.17) is 0 Å². The van der Waals surface area contributed by atoms with Gasteiger partial charge in [-0.3, -0.25) is 9.59 Å². The van der Waals surface area contributed by atoms with Crippen LogP contribution in [0.2, 0.25) is 0 Å². The van der Waals surface area contributed by atoms with Crippen LogP contribution in [0.5, 0.6) is 0 Å². The number of carbonyl (C=O) groups is 2. The first kappa shape index (κ1) is 15.3. The number of piperazine rings is 1. The molecule has 1 unspecified atom stereocenters. The lowest BCUT2D eigenvalue weighted by Crippen LogP contribution is -2.58. The molecule has 0 saturated carbocycles. The Hall–Kier alpha value is -1.10. The maximum absolute atomic E-state index is 12.6. The van der Waals surface area contributed by atoms with Gasteiger partial charge in [-0.2, -0.15) is 0 Å². The second-order valence-corrected chi connectivity index (χ2v) is 6.55. The number of hydrogen-bond acceptors (Lipinski definition) is 3. The van der Waals surface area contributed by atoms with E-state index in [1.807, 2.05) is 23.6 Å². The predicted octanol–water partition coefficient (Wildman–Crippen LogP) is 0.845. The molecule has 20 heavy (non-hydrogen) atoms. The summed E-state index contributed by atoms with van der Waals surface area (Å²) in [6, 6.07) is 0.204. The highest BCUT2D eigenvalue weighted by Gasteiger charge is 2.36. The maximum Gasteiger partial charge on any atom is 0.236 e. The molecule has 5 heteroatoms. The average molecular weight is 281 g/mol. The van der Waals surface area contributed by atoms with Crippen molar-refractivity contribution in [3.05, 3.63) is 0 Å². The van der Waals surface area contributed by atoms with Crippen LogP contribution in [0.3, 0.4) is 0 Å². The molecule has 1 atom stereocenters. The van der Waals surface area contributed by atoms with Crippen LogP contribution in [-0.4, -0.2) is 60.4 Å². The molecular formula is C15H27N3O2. The highest BCUT2D eigenvalue weighted by molar-refractivity contribution is 5.82. The number of likely N-dealkylation sites (tertiary alicyclic amines) is 1. The highest BCUT2D eigenvalue weighted by Crippen LogP contribution is 2.26. The number of hydrogen-bond donors (Lipinski definition) is 1. The van der Waals surface area contributed by atoms with Gasteiger partial charge >= 0.3 is 0 Å². The second kappa shape index (κ2) is 6.12. The van der Waals surface area contributed by atoms with Crippen molar-refractivity contribution in [1.82, 2.24) is 15.1 Å². The Bertz CT molecular complexity index is 381. The van der Waals surface area contributed by atoms with Crippen molar-refractivity contribution in [1.29, 1.82) is 0 Å². The van der Waals surface area contributed by atoms with Gasteiger partial charge in [-0.1, -0.05) is 20.8 Å². The summed E-state index contributed by atoms with van der Waals surface area (Å²) in [4.78, 5) is 28.5. The second-order valence-electron chi connectivity index (χ2n) is 6.55. The SMILES string of the molecule is CCC(C)(C)C(=O)N1CCCC(N2CCNCC2=O)C1. The summed E-state index contributed by atoms with van der Waals surface area (Å²) in [7, 11) is 0. The molecule has 0 aromatic carbocycles. The standard InChI is InChI=1S/C15H27N3O2/c1-4-15(2,3)14(20)17-8-5-6-12(11-17)18-9-7-16-10-13(18)19/h12,16H,4-11H2,1-3H3. The largest absolute Gasteiger partial charge is 0.340 e. The normalized spacial score (nSPS) is 24.9. The highest BCUT2D eigenvalue weighted by atomic mass is 16.2.